The van der Waals surface area contributed by atoms with Crippen LogP contribution in [-0.2, 0) is 6.42 Å². The van der Waals surface area contributed by atoms with Crippen molar-refractivity contribution in [1.29, 1.82) is 0 Å². The summed E-state index contributed by atoms with van der Waals surface area (Å²) in [7, 11) is 0. The number of rotatable bonds is 4. The maximum absolute atomic E-state index is 4.63. The Labute approximate surface area is 156 Å². The monoisotopic (exact) mass is 363 g/mol. The Bertz CT molecular complexity index is 947. The van der Waals surface area contributed by atoms with Gasteiger partial charge in [0, 0.05) is 12.5 Å². The fourth-order valence-electron chi connectivity index (χ4n) is 3.19. The smallest absolute Gasteiger partial charge is 0.213 e. The van der Waals surface area contributed by atoms with Gasteiger partial charge in [-0.05, 0) is 18.4 Å². The Morgan fingerprint density at radius 3 is 2.70 bits per heavy atom. The first kappa shape index (κ1) is 17.1. The molecule has 1 aromatic carbocycles. The zero-order valence-electron chi connectivity index (χ0n) is 14.9. The molecule has 1 saturated carbocycles. The van der Waals surface area contributed by atoms with Crippen LogP contribution in [0.2, 0.25) is 0 Å². The van der Waals surface area contributed by atoms with Crippen molar-refractivity contribution in [1.82, 2.24) is 30.3 Å². The van der Waals surface area contributed by atoms with E-state index in [4.69, 9.17) is 0 Å². The summed E-state index contributed by atoms with van der Waals surface area (Å²) in [5, 5.41) is 15.0. The predicted octanol–water partition coefficient (Wildman–Crippen LogP) is 3.37. The summed E-state index contributed by atoms with van der Waals surface area (Å²) in [6.07, 6.45) is 10.5. The SMILES string of the molecule is c1ccc(Cc2ncon2)cc1.c1nc(NC2CCCC2)c2cn[nH]c2n1. The zero-order chi connectivity index (χ0) is 18.3. The maximum Gasteiger partial charge on any atom is 0.213 e. The van der Waals surface area contributed by atoms with Crippen molar-refractivity contribution in [2.24, 2.45) is 0 Å². The van der Waals surface area contributed by atoms with E-state index in [0.29, 0.717) is 6.04 Å². The molecule has 0 spiro atoms. The second-order valence-electron chi connectivity index (χ2n) is 6.49. The molecule has 27 heavy (non-hydrogen) atoms. The van der Waals surface area contributed by atoms with Crippen LogP contribution in [0.5, 0.6) is 0 Å². The van der Waals surface area contributed by atoms with E-state index in [1.807, 2.05) is 30.3 Å². The molecule has 0 amide bonds. The Kier molecular flexibility index (Phi) is 5.33. The van der Waals surface area contributed by atoms with Gasteiger partial charge in [-0.15, -0.1) is 0 Å². The van der Waals surface area contributed by atoms with E-state index in [-0.39, 0.29) is 0 Å². The topological polar surface area (TPSA) is 105 Å². The van der Waals surface area contributed by atoms with Crippen LogP contribution in [0.15, 0.2) is 53.8 Å². The number of hydrogen-bond acceptors (Lipinski definition) is 7. The van der Waals surface area contributed by atoms with Gasteiger partial charge < -0.3 is 9.84 Å². The minimum atomic E-state index is 0.568. The molecule has 2 N–H and O–H groups in total. The highest BCUT2D eigenvalue weighted by atomic mass is 16.5. The number of aromatic amines is 1. The van der Waals surface area contributed by atoms with Crippen molar-refractivity contribution in [2.75, 3.05) is 5.32 Å². The molecule has 0 aliphatic heterocycles. The second-order valence-corrected chi connectivity index (χ2v) is 6.49. The van der Waals surface area contributed by atoms with E-state index >= 15 is 0 Å². The Balaban J connectivity index is 0.000000137. The molecule has 8 heteroatoms. The van der Waals surface area contributed by atoms with Crippen LogP contribution < -0.4 is 5.32 Å². The first-order valence-electron chi connectivity index (χ1n) is 9.08. The van der Waals surface area contributed by atoms with Gasteiger partial charge >= 0.3 is 0 Å². The minimum Gasteiger partial charge on any atom is -0.367 e. The summed E-state index contributed by atoms with van der Waals surface area (Å²) in [6.45, 7) is 0. The molecule has 3 aromatic heterocycles. The van der Waals surface area contributed by atoms with Crippen molar-refractivity contribution in [3.8, 4) is 0 Å². The largest absolute Gasteiger partial charge is 0.367 e. The first-order chi connectivity index (χ1) is 13.4. The predicted molar refractivity (Wildman–Crippen MR) is 101 cm³/mol. The molecular formula is C19H21N7O. The van der Waals surface area contributed by atoms with Gasteiger partial charge in [-0.3, -0.25) is 5.10 Å². The van der Waals surface area contributed by atoms with E-state index in [0.717, 1.165) is 29.1 Å². The molecule has 1 fully saturated rings. The van der Waals surface area contributed by atoms with Gasteiger partial charge in [0.2, 0.25) is 6.39 Å². The Hall–Kier alpha value is -3.29. The Morgan fingerprint density at radius 1 is 1.07 bits per heavy atom. The highest BCUT2D eigenvalue weighted by molar-refractivity contribution is 5.85. The van der Waals surface area contributed by atoms with Gasteiger partial charge in [0.15, 0.2) is 11.5 Å². The molecule has 0 atom stereocenters. The van der Waals surface area contributed by atoms with Gasteiger partial charge in [0.1, 0.15) is 12.1 Å². The van der Waals surface area contributed by atoms with Crippen LogP contribution in [0.3, 0.4) is 0 Å². The summed E-state index contributed by atoms with van der Waals surface area (Å²) < 4.78 is 4.63. The van der Waals surface area contributed by atoms with Gasteiger partial charge in [-0.1, -0.05) is 48.3 Å². The summed E-state index contributed by atoms with van der Waals surface area (Å²) >= 11 is 0. The molecule has 8 nitrogen and oxygen atoms in total. The van der Waals surface area contributed by atoms with Crippen LogP contribution in [-0.4, -0.2) is 36.3 Å². The highest BCUT2D eigenvalue weighted by Gasteiger charge is 2.16. The van der Waals surface area contributed by atoms with Crippen molar-refractivity contribution in [2.45, 2.75) is 38.1 Å². The number of nitrogens with one attached hydrogen (secondary N) is 2. The van der Waals surface area contributed by atoms with Crippen LogP contribution >= 0.6 is 0 Å². The molecule has 0 radical (unpaired) electrons. The first-order valence-corrected chi connectivity index (χ1v) is 9.08. The van der Waals surface area contributed by atoms with Crippen molar-refractivity contribution >= 4 is 16.9 Å². The van der Waals surface area contributed by atoms with E-state index in [9.17, 15) is 0 Å². The third-order valence-corrected chi connectivity index (χ3v) is 4.56. The van der Waals surface area contributed by atoms with Crippen LogP contribution in [0.25, 0.3) is 11.0 Å². The average Bonchev–Trinajstić information content (AvgIpc) is 3.46. The average molecular weight is 363 g/mol. The molecule has 0 bridgehead atoms. The fraction of sp³-hybridized carbons (Fsp3) is 0.316. The normalized spacial score (nSPS) is 14.1. The maximum atomic E-state index is 4.63. The lowest BCUT2D eigenvalue weighted by Gasteiger charge is -2.12. The summed E-state index contributed by atoms with van der Waals surface area (Å²) in [6, 6.07) is 10.6. The molecule has 1 aliphatic rings. The molecule has 138 valence electrons. The fourth-order valence-corrected chi connectivity index (χ4v) is 3.19. The summed E-state index contributed by atoms with van der Waals surface area (Å²) in [5.74, 6) is 1.63. The third-order valence-electron chi connectivity index (χ3n) is 4.56. The molecule has 0 saturated heterocycles. The van der Waals surface area contributed by atoms with E-state index < -0.39 is 0 Å². The van der Waals surface area contributed by atoms with Crippen LogP contribution in [0.4, 0.5) is 5.82 Å². The lowest BCUT2D eigenvalue weighted by molar-refractivity contribution is 0.411. The summed E-state index contributed by atoms with van der Waals surface area (Å²) in [4.78, 5) is 12.3. The number of aromatic nitrogens is 6. The number of benzene rings is 1. The van der Waals surface area contributed by atoms with Gasteiger partial charge in [0.25, 0.3) is 0 Å². The lowest BCUT2D eigenvalue weighted by Crippen LogP contribution is -2.15. The van der Waals surface area contributed by atoms with Gasteiger partial charge in [-0.2, -0.15) is 10.1 Å². The highest BCUT2D eigenvalue weighted by Crippen LogP contribution is 2.24. The molecule has 1 aliphatic carbocycles. The minimum absolute atomic E-state index is 0.568. The standard InChI is InChI=1S/C10H13N5.C9H8N2O/c1-2-4-7(3-1)14-9-8-5-13-15-10(8)12-6-11-9;1-2-4-8(5-3-1)6-9-10-7-12-11-9/h5-7H,1-4H2,(H2,11,12,13,14,15);1-5,7H,6H2. The van der Waals surface area contributed by atoms with Crippen molar-refractivity contribution in [3.63, 3.8) is 0 Å². The summed E-state index contributed by atoms with van der Waals surface area (Å²) in [5.41, 5.74) is 1.99. The quantitative estimate of drug-likeness (QED) is 0.572. The Morgan fingerprint density at radius 2 is 1.93 bits per heavy atom. The van der Waals surface area contributed by atoms with Crippen molar-refractivity contribution in [3.05, 3.63) is 60.6 Å². The van der Waals surface area contributed by atoms with Gasteiger partial charge in [-0.25, -0.2) is 9.97 Å². The lowest BCUT2D eigenvalue weighted by atomic mass is 10.1. The van der Waals surface area contributed by atoms with Crippen LogP contribution in [0.1, 0.15) is 37.1 Å². The van der Waals surface area contributed by atoms with E-state index in [2.05, 4.69) is 40.1 Å². The number of anilines is 1. The van der Waals surface area contributed by atoms with E-state index in [1.54, 1.807) is 12.5 Å². The number of hydrogen-bond donors (Lipinski definition) is 2. The molecular weight excluding hydrogens is 342 g/mol. The van der Waals surface area contributed by atoms with E-state index in [1.165, 1.54) is 37.6 Å². The molecule has 3 heterocycles. The third kappa shape index (κ3) is 4.46. The molecule has 0 unspecified atom stereocenters. The molecule has 4 aromatic rings. The second kappa shape index (κ2) is 8.39. The molecule has 5 rings (SSSR count). The number of H-pyrrole nitrogens is 1. The van der Waals surface area contributed by atoms with Gasteiger partial charge in [0.05, 0.1) is 11.6 Å². The zero-order valence-corrected chi connectivity index (χ0v) is 14.9. The van der Waals surface area contributed by atoms with Crippen molar-refractivity contribution < 1.29 is 4.52 Å². The van der Waals surface area contributed by atoms with Crippen LogP contribution in [0, 0.1) is 0 Å². The number of nitrogens with zero attached hydrogens (tertiary/aromatic N) is 5. The number of fused-ring (bicyclic) bond motifs is 1.